The molecule has 7 aliphatic rings. The quantitative estimate of drug-likeness (QED) is 0.216. The average molecular weight is 841 g/mol. The van der Waals surface area contributed by atoms with Gasteiger partial charge in [0.15, 0.2) is 6.10 Å². The fourth-order valence-corrected chi connectivity index (χ4v) is 8.48. The zero-order valence-electron chi connectivity index (χ0n) is 22.2. The minimum Gasteiger partial charge on any atom is -0.746 e. The standard InChI is InChI=1S/C25H30F2NO10S.Rf/c1-23(2,3)28-15-17-13(20(28)30)14(21(31)36-9-25(26,27)39(33,34)35)18(37-17)19(15)38-22(32)24-6-10-4-11(7-24)16(29)12(5-10)8-24;/h9-15,17-19H,4-8H2,1-3H3,(H,33,34,35);/q-1;/p-1. The maximum Gasteiger partial charge on any atom is 0.312 e. The number of ketones is 1. The minimum absolute atomic E-state index is 0. The van der Waals surface area contributed by atoms with Gasteiger partial charge in [-0.1, -0.05) is 6.61 Å². The zero-order valence-corrected chi connectivity index (χ0v) is 29.4. The number of likely N-dealkylation sites (tertiary alicyclic amines) is 1. The molecule has 3 heterocycles. The summed E-state index contributed by atoms with van der Waals surface area (Å²) in [6.07, 6.45) is -0.352. The van der Waals surface area contributed by atoms with Gasteiger partial charge in [-0.25, -0.2) is 17.2 Å². The molecule has 218 valence electrons. The first-order chi connectivity index (χ1) is 17.9. The van der Waals surface area contributed by atoms with Gasteiger partial charge in [0.2, 0.25) is 5.91 Å². The topological polar surface area (TPSA) is 156 Å². The van der Waals surface area contributed by atoms with Crippen LogP contribution < -0.4 is 0 Å². The Morgan fingerprint density at radius 2 is 1.70 bits per heavy atom. The van der Waals surface area contributed by atoms with Crippen molar-refractivity contribution >= 4 is 33.7 Å². The second kappa shape index (κ2) is 8.41. The van der Waals surface area contributed by atoms with Gasteiger partial charge < -0.3 is 23.7 Å². The SMILES string of the molecule is CC(C)(C)N1C(=O)C2C3OC(C(OC(=O)C45CC6CC(C4)C(=O)C(C6)C5)C31)C2C(=O)O[CH-]C(F)(F)S(=O)(=O)[O-].[Rf]. The zero-order chi connectivity index (χ0) is 28.4. The van der Waals surface area contributed by atoms with Crippen molar-refractivity contribution in [2.45, 2.75) is 88.0 Å². The molecule has 3 aliphatic heterocycles. The summed E-state index contributed by atoms with van der Waals surface area (Å²) < 4.78 is 76.2. The molecule has 7 fully saturated rings. The van der Waals surface area contributed by atoms with Gasteiger partial charge in [-0.2, -0.15) is 0 Å². The Morgan fingerprint density at radius 3 is 2.25 bits per heavy atom. The molecule has 15 heteroatoms. The summed E-state index contributed by atoms with van der Waals surface area (Å²) in [7, 11) is -6.15. The van der Waals surface area contributed by atoms with E-state index in [9.17, 15) is 40.9 Å². The molecule has 0 aromatic rings. The number of hydrogen-bond donors (Lipinski definition) is 0. The van der Waals surface area contributed by atoms with Crippen molar-refractivity contribution in [1.82, 2.24) is 4.90 Å². The number of rotatable bonds is 6. The van der Waals surface area contributed by atoms with Gasteiger partial charge in [0.25, 0.3) is 11.2 Å². The van der Waals surface area contributed by atoms with E-state index in [1.807, 2.05) is 0 Å². The van der Waals surface area contributed by atoms with Gasteiger partial charge >= 0.3 is 5.97 Å². The van der Waals surface area contributed by atoms with Gasteiger partial charge in [-0.15, -0.1) is 0 Å². The summed E-state index contributed by atoms with van der Waals surface area (Å²) in [6.45, 7) is 4.61. The number of hydrogen-bond acceptors (Lipinski definition) is 10. The number of fused-ring (bicyclic) bond motifs is 1. The Labute approximate surface area is 223 Å². The summed E-state index contributed by atoms with van der Waals surface area (Å²) in [5.41, 5.74) is -1.63. The summed E-state index contributed by atoms with van der Waals surface area (Å²) in [5, 5.41) is -4.98. The van der Waals surface area contributed by atoms with E-state index in [-0.39, 0.29) is 23.5 Å². The maximum atomic E-state index is 13.8. The van der Waals surface area contributed by atoms with E-state index in [2.05, 4.69) is 4.74 Å². The average Bonchev–Trinajstić information content (AvgIpc) is 3.42. The Balaban J connectivity index is 0.00000323. The normalized spacial score (nSPS) is 41.4. The number of halogens is 2. The molecule has 0 spiro atoms. The first-order valence-electron chi connectivity index (χ1n) is 13.1. The predicted octanol–water partition coefficient (Wildman–Crippen LogP) is 1.16. The van der Waals surface area contributed by atoms with E-state index in [0.29, 0.717) is 19.3 Å². The number of esters is 2. The number of carbonyl (C=O) groups is 4. The van der Waals surface area contributed by atoms with Crippen LogP contribution in [0.3, 0.4) is 0 Å². The molecule has 3 saturated heterocycles. The fraction of sp³-hybridized carbons (Fsp3) is 0.800. The van der Waals surface area contributed by atoms with Crippen LogP contribution in [-0.4, -0.2) is 76.6 Å². The Bertz CT molecular complexity index is 1250. The van der Waals surface area contributed by atoms with Crippen molar-refractivity contribution in [3.8, 4) is 0 Å². The molecule has 11 nitrogen and oxygen atoms in total. The van der Waals surface area contributed by atoms with Crippen LogP contribution in [0.4, 0.5) is 8.78 Å². The van der Waals surface area contributed by atoms with Gasteiger partial charge in [0.1, 0.15) is 22.0 Å². The van der Waals surface area contributed by atoms with Crippen molar-refractivity contribution in [2.24, 2.45) is 35.0 Å². The minimum atomic E-state index is -6.15. The molecule has 8 atom stereocenters. The third-order valence-electron chi connectivity index (χ3n) is 9.54. The summed E-state index contributed by atoms with van der Waals surface area (Å²) >= 11 is 0. The van der Waals surface area contributed by atoms with E-state index in [0.717, 1.165) is 12.8 Å². The first kappa shape index (κ1) is 28.3. The van der Waals surface area contributed by atoms with Gasteiger partial charge in [-0.05, 0) is 58.8 Å². The second-order valence-corrected chi connectivity index (χ2v) is 14.4. The van der Waals surface area contributed by atoms with Crippen LogP contribution >= 0.6 is 0 Å². The third kappa shape index (κ3) is 3.76. The second-order valence-electron chi connectivity index (χ2n) is 13.0. The van der Waals surface area contributed by atoms with E-state index in [4.69, 9.17) is 9.47 Å². The van der Waals surface area contributed by atoms with Crippen molar-refractivity contribution in [1.29, 1.82) is 0 Å². The molecule has 0 N–H and O–H groups in total. The molecule has 1 amide bonds. The van der Waals surface area contributed by atoms with E-state index < -0.39 is 87.0 Å². The molecule has 8 unspecified atom stereocenters. The van der Waals surface area contributed by atoms with E-state index in [1.165, 1.54) is 4.90 Å². The van der Waals surface area contributed by atoms with Gasteiger partial charge in [0.05, 0.1) is 29.4 Å². The first-order valence-corrected chi connectivity index (χ1v) is 14.5. The molecule has 4 saturated carbocycles. The van der Waals surface area contributed by atoms with E-state index in [1.54, 1.807) is 20.8 Å². The largest absolute Gasteiger partial charge is 0.746 e. The number of amides is 1. The number of alkyl halides is 2. The van der Waals surface area contributed by atoms with Crippen molar-refractivity contribution in [3.05, 3.63) is 6.61 Å². The molecule has 4 aliphatic carbocycles. The molecule has 40 heavy (non-hydrogen) atoms. The van der Waals surface area contributed by atoms with Gasteiger partial charge in [-0.3, -0.25) is 19.2 Å². The fourth-order valence-electron chi connectivity index (χ4n) is 8.32. The van der Waals surface area contributed by atoms with Crippen LogP contribution in [0.5, 0.6) is 0 Å². The molecule has 0 aromatic carbocycles. The van der Waals surface area contributed by atoms with Crippen LogP contribution in [0, 0.1) is 41.6 Å². The Morgan fingerprint density at radius 1 is 1.10 bits per heavy atom. The monoisotopic (exact) mass is 840 g/mol. The molecular weight excluding hydrogens is 811 g/mol. The third-order valence-corrected chi connectivity index (χ3v) is 10.3. The predicted molar refractivity (Wildman–Crippen MR) is 122 cm³/mol. The van der Waals surface area contributed by atoms with Crippen LogP contribution in [0.1, 0.15) is 52.9 Å². The van der Waals surface area contributed by atoms with Crippen molar-refractivity contribution in [3.63, 3.8) is 0 Å². The molecule has 7 rings (SSSR count). The smallest absolute Gasteiger partial charge is 0.312 e. The molecular formula is C25H29F2NO10RfS-2. The van der Waals surface area contributed by atoms with Crippen molar-refractivity contribution < 1.29 is 55.1 Å². The maximum absolute atomic E-state index is 13.8. The molecule has 0 aromatic heterocycles. The van der Waals surface area contributed by atoms with Gasteiger partial charge in [0, 0.05) is 17.4 Å². The summed E-state index contributed by atoms with van der Waals surface area (Å²) in [6, 6.07) is -0.733. The van der Waals surface area contributed by atoms with Crippen LogP contribution in [0.15, 0.2) is 0 Å². The Kier molecular flexibility index (Phi) is 5.96. The number of Topliss-reactive ketones (excluding diaryl/α,β-unsaturated/α-hetero) is 1. The number of carbonyl (C=O) groups excluding carboxylic acids is 4. The Hall–Kier alpha value is -3.19. The van der Waals surface area contributed by atoms with E-state index >= 15 is 0 Å². The van der Waals surface area contributed by atoms with Crippen LogP contribution in [0.2, 0.25) is 0 Å². The molecule has 6 bridgehead atoms. The molecule has 0 radical (unpaired) electrons. The van der Waals surface area contributed by atoms with Crippen LogP contribution in [0.25, 0.3) is 0 Å². The van der Waals surface area contributed by atoms with Crippen molar-refractivity contribution in [2.75, 3.05) is 0 Å². The summed E-state index contributed by atoms with van der Waals surface area (Å²) in [5.74, 6) is -4.97. The van der Waals surface area contributed by atoms with Crippen LogP contribution in [-0.2, 0) is 43.5 Å². The number of ether oxygens (including phenoxy) is 3. The number of nitrogens with zero attached hydrogens (tertiary/aromatic N) is 1. The summed E-state index contributed by atoms with van der Waals surface area (Å²) in [4.78, 5) is 54.3.